The maximum atomic E-state index is 12.2. The van der Waals surface area contributed by atoms with E-state index in [0.29, 0.717) is 45.4 Å². The second-order valence-corrected chi connectivity index (χ2v) is 16.7. The molecule has 2 rings (SSSR count). The highest BCUT2D eigenvalue weighted by Gasteiger charge is 2.29. The van der Waals surface area contributed by atoms with Gasteiger partial charge >= 0.3 is 24.4 Å². The molecule has 0 bridgehead atoms. The Balaban J connectivity index is 0.000000962. The van der Waals surface area contributed by atoms with Crippen LogP contribution in [-0.2, 0) is 38.2 Å². The zero-order valence-electron chi connectivity index (χ0n) is 35.5. The first-order valence-electron chi connectivity index (χ1n) is 20.2. The molecule has 4 N–H and O–H groups in total. The number of amides is 4. The predicted molar refractivity (Wildman–Crippen MR) is 220 cm³/mol. The molecule has 2 aliphatic rings. The molecule has 0 aliphatic heterocycles. The second-order valence-electron chi connectivity index (χ2n) is 16.1. The van der Waals surface area contributed by atoms with Crippen molar-refractivity contribution in [3.8, 4) is 0 Å². The third kappa shape index (κ3) is 28.2. The number of hydrogen-bond acceptors (Lipinski definition) is 10. The predicted octanol–water partition coefficient (Wildman–Crippen LogP) is 6.12. The van der Waals surface area contributed by atoms with Crippen LogP contribution in [0.1, 0.15) is 145 Å². The normalized spacial score (nSPS) is 15.1. The topological polar surface area (TPSA) is 232 Å². The number of alkyl carbamates (subject to hydrolysis) is 2. The Bertz CT molecular complexity index is 1310. The van der Waals surface area contributed by atoms with Crippen LogP contribution in [0.2, 0.25) is 0 Å². The van der Waals surface area contributed by atoms with Gasteiger partial charge in [0, 0.05) is 31.8 Å². The highest BCUT2D eigenvalue weighted by molar-refractivity contribution is 9.09. The van der Waals surface area contributed by atoms with Crippen molar-refractivity contribution in [2.45, 2.75) is 169 Å². The van der Waals surface area contributed by atoms with E-state index >= 15 is 0 Å². The summed E-state index contributed by atoms with van der Waals surface area (Å²) in [6.45, 7) is 15.4. The summed E-state index contributed by atoms with van der Waals surface area (Å²) in [5.41, 5.74) is 7.51. The van der Waals surface area contributed by atoms with Crippen LogP contribution < -0.4 is 21.3 Å². The molecule has 0 aromatic carbocycles. The number of nitrogens with one attached hydrogen (secondary N) is 4. The van der Waals surface area contributed by atoms with Crippen LogP contribution in [0.25, 0.3) is 5.53 Å². The van der Waals surface area contributed by atoms with Crippen LogP contribution in [0.4, 0.5) is 9.59 Å². The molecular weight excluding hydrogens is 804 g/mol. The van der Waals surface area contributed by atoms with Crippen LogP contribution >= 0.6 is 15.9 Å². The second kappa shape index (κ2) is 29.4. The zero-order chi connectivity index (χ0) is 43.4. The van der Waals surface area contributed by atoms with Crippen LogP contribution in [0, 0.1) is 11.8 Å². The van der Waals surface area contributed by atoms with Crippen LogP contribution in [-0.4, -0.2) is 101 Å². The fourth-order valence-electron chi connectivity index (χ4n) is 5.95. The molecule has 2 aliphatic carbocycles. The first-order valence-corrected chi connectivity index (χ1v) is 21.3. The minimum Gasteiger partial charge on any atom is -0.466 e. The van der Waals surface area contributed by atoms with Gasteiger partial charge in [0.05, 0.1) is 24.0 Å². The number of ether oxygens (including phenoxy) is 3. The first kappa shape index (κ1) is 53.1. The molecule has 0 radical (unpaired) electrons. The number of alkyl halides is 1. The maximum Gasteiger partial charge on any atom is 0.407 e. The Hall–Kier alpha value is -3.85. The number of Topliss-reactive ketones (excluding diaryl/α,β-unsaturated/α-hetero) is 2. The van der Waals surface area contributed by atoms with E-state index in [1.807, 2.05) is 20.8 Å². The van der Waals surface area contributed by atoms with Crippen molar-refractivity contribution < 1.29 is 52.6 Å². The number of carbonyl (C=O) groups is 7. The quantitative estimate of drug-likeness (QED) is 0.0221. The van der Waals surface area contributed by atoms with E-state index in [9.17, 15) is 33.6 Å². The monoisotopic (exact) mass is 872 g/mol. The van der Waals surface area contributed by atoms with Crippen molar-refractivity contribution in [1.29, 1.82) is 0 Å². The summed E-state index contributed by atoms with van der Waals surface area (Å²) in [4.78, 5) is 84.2. The van der Waals surface area contributed by atoms with Gasteiger partial charge in [0.15, 0.2) is 5.78 Å². The lowest BCUT2D eigenvalue weighted by atomic mass is 10.0. The van der Waals surface area contributed by atoms with E-state index in [-0.39, 0.29) is 40.7 Å². The number of nitrogens with zero attached hydrogens (tertiary/aromatic N) is 2. The van der Waals surface area contributed by atoms with E-state index in [4.69, 9.17) is 15.0 Å². The van der Waals surface area contributed by atoms with Gasteiger partial charge in [-0.1, -0.05) is 41.6 Å². The molecule has 16 nitrogen and oxygen atoms in total. The lowest BCUT2D eigenvalue weighted by Crippen LogP contribution is -2.44. The fourth-order valence-corrected chi connectivity index (χ4v) is 6.34. The third-order valence-corrected chi connectivity index (χ3v) is 9.21. The molecule has 0 aromatic heterocycles. The van der Waals surface area contributed by atoms with Gasteiger partial charge < -0.3 is 41.0 Å². The van der Waals surface area contributed by atoms with E-state index < -0.39 is 41.3 Å². The molecule has 0 saturated heterocycles. The molecule has 2 fully saturated rings. The Morgan fingerprint density at radius 2 is 1.12 bits per heavy atom. The summed E-state index contributed by atoms with van der Waals surface area (Å²) < 4.78 is 14.7. The number of halogens is 1. The molecular formula is C40H69BrN6O10. The van der Waals surface area contributed by atoms with Gasteiger partial charge in [0.2, 0.25) is 11.8 Å². The molecule has 2 atom stereocenters. The summed E-state index contributed by atoms with van der Waals surface area (Å²) in [6, 6.07) is -1.16. The Kier molecular flexibility index (Phi) is 27.4. The molecule has 0 heterocycles. The number of carbonyl (C=O) groups excluding carboxylic acids is 7. The summed E-state index contributed by atoms with van der Waals surface area (Å²) in [7, 11) is 0. The highest BCUT2D eigenvalue weighted by atomic mass is 79.9. The van der Waals surface area contributed by atoms with Gasteiger partial charge in [-0.25, -0.2) is 9.59 Å². The smallest absolute Gasteiger partial charge is 0.407 e. The number of ketones is 2. The van der Waals surface area contributed by atoms with Crippen molar-refractivity contribution in [3.05, 3.63) is 5.53 Å². The average Bonchev–Trinajstić information content (AvgIpc) is 3.85. The van der Waals surface area contributed by atoms with Crippen molar-refractivity contribution >= 4 is 63.7 Å². The van der Waals surface area contributed by atoms with Crippen molar-refractivity contribution in [1.82, 2.24) is 21.3 Å². The number of unbranched alkanes of at least 4 members (excludes halogenated alkanes) is 2. The molecule has 0 spiro atoms. The van der Waals surface area contributed by atoms with E-state index in [0.717, 1.165) is 70.4 Å². The number of rotatable bonds is 19. The van der Waals surface area contributed by atoms with Crippen LogP contribution in [0.5, 0.6) is 0 Å². The van der Waals surface area contributed by atoms with Gasteiger partial charge in [-0.2, -0.15) is 4.79 Å². The van der Waals surface area contributed by atoms with E-state index in [2.05, 4.69) is 46.7 Å². The van der Waals surface area contributed by atoms with Crippen molar-refractivity contribution in [2.75, 3.05) is 25.0 Å². The van der Waals surface area contributed by atoms with Crippen molar-refractivity contribution in [3.63, 3.8) is 0 Å². The molecule has 57 heavy (non-hydrogen) atoms. The van der Waals surface area contributed by atoms with Gasteiger partial charge in [0.25, 0.3) is 5.78 Å². The largest absolute Gasteiger partial charge is 0.466 e. The minimum absolute atomic E-state index is 0.00341. The maximum absolute atomic E-state index is 12.2. The van der Waals surface area contributed by atoms with Gasteiger partial charge in [-0.3, -0.25) is 24.0 Å². The van der Waals surface area contributed by atoms with Crippen LogP contribution in [0.15, 0.2) is 0 Å². The van der Waals surface area contributed by atoms with Crippen molar-refractivity contribution in [2.24, 2.45) is 11.8 Å². The highest BCUT2D eigenvalue weighted by Crippen LogP contribution is 2.26. The summed E-state index contributed by atoms with van der Waals surface area (Å²) >= 11 is 3.18. The lowest BCUT2D eigenvalue weighted by Gasteiger charge is -2.20. The van der Waals surface area contributed by atoms with Gasteiger partial charge in [0.1, 0.15) is 11.2 Å². The van der Waals surface area contributed by atoms with E-state index in [1.165, 1.54) is 6.92 Å². The molecule has 0 unspecified atom stereocenters. The third-order valence-electron chi connectivity index (χ3n) is 8.66. The summed E-state index contributed by atoms with van der Waals surface area (Å²) in [5.74, 6) is -0.740. The van der Waals surface area contributed by atoms with Gasteiger partial charge in [-0.05, 0) is 113 Å². The fraction of sp³-hybridized carbons (Fsp3) is 0.800. The Morgan fingerprint density at radius 1 is 0.719 bits per heavy atom. The minimum atomic E-state index is -0.708. The molecule has 326 valence electrons. The van der Waals surface area contributed by atoms with Crippen LogP contribution in [0.3, 0.4) is 0 Å². The SMILES string of the molecule is CC(C)(C)OC(=O)NCCCC[C@@H](NC(=O)C1CCCC1)C(=O)C=[N+]=[N-].CC(C)(C)OC(=O)NCCCC[C@@H](NC(=O)C1CCCC1)C(=O)CBr.CCOC(C)=O. The summed E-state index contributed by atoms with van der Waals surface area (Å²) in [5, 5.41) is 11.3. The molecule has 0 aromatic rings. The van der Waals surface area contributed by atoms with Gasteiger partial charge in [-0.15, -0.1) is 0 Å². The Morgan fingerprint density at radius 3 is 1.46 bits per heavy atom. The number of esters is 1. The number of hydrogen-bond donors (Lipinski definition) is 4. The average molecular weight is 874 g/mol. The lowest BCUT2D eigenvalue weighted by molar-refractivity contribution is -0.140. The zero-order valence-corrected chi connectivity index (χ0v) is 37.1. The molecule has 2 saturated carbocycles. The summed E-state index contributed by atoms with van der Waals surface area (Å²) in [6.07, 6.45) is 11.4. The Labute approximate surface area is 347 Å². The molecule has 4 amide bonds. The molecule has 17 heteroatoms. The standard InChI is InChI=1S/C18H31BrN2O4.C18H30N4O4.C4H8O2/c1-18(2,3)25-17(24)20-11-7-6-10-14(15(22)12-19)21-16(23)13-8-4-5-9-13;1-18(2,3)26-17(25)20-11-7-6-10-14(15(23)12-21-19)22-16(24)13-8-4-5-9-13;1-3-6-4(2)5/h13-14H,4-12H2,1-3H3,(H,20,24)(H,21,23);12-14H,4-11H2,1-3H3,(H,20,25)(H,22,24);3H2,1-2H3/t2*14-;/m11./s1. The first-order chi connectivity index (χ1) is 26.7. The van der Waals surface area contributed by atoms with E-state index in [1.54, 1.807) is 27.7 Å².